The van der Waals surface area contributed by atoms with E-state index < -0.39 is 18.0 Å². The highest BCUT2D eigenvalue weighted by Gasteiger charge is 2.23. The fourth-order valence-electron chi connectivity index (χ4n) is 1.94. The Labute approximate surface area is 115 Å². The Morgan fingerprint density at radius 3 is 2.55 bits per heavy atom. The molecule has 2 aromatic rings. The van der Waals surface area contributed by atoms with E-state index in [1.807, 2.05) is 30.3 Å². The van der Waals surface area contributed by atoms with Crippen molar-refractivity contribution < 1.29 is 13.6 Å². The standard InChI is InChI=1S/C14H15F2N3O/c1-9(10-6-4-3-5-7-10)17-14(20)11-8-19(2)18-12(11)13(15)16/h3-9,13H,1-2H3,(H,17,20). The minimum atomic E-state index is -2.77. The quantitative estimate of drug-likeness (QED) is 0.935. The predicted octanol–water partition coefficient (Wildman–Crippen LogP) is 2.85. The average Bonchev–Trinajstić information content (AvgIpc) is 2.82. The van der Waals surface area contributed by atoms with Crippen molar-refractivity contribution in [3.8, 4) is 0 Å². The number of hydrogen-bond donors (Lipinski definition) is 1. The molecule has 0 aliphatic carbocycles. The molecule has 0 radical (unpaired) electrons. The lowest BCUT2D eigenvalue weighted by molar-refractivity contribution is 0.0925. The molecule has 1 amide bonds. The van der Waals surface area contributed by atoms with E-state index in [2.05, 4.69) is 10.4 Å². The van der Waals surface area contributed by atoms with Gasteiger partial charge < -0.3 is 5.32 Å². The van der Waals surface area contributed by atoms with Gasteiger partial charge in [-0.1, -0.05) is 30.3 Å². The van der Waals surface area contributed by atoms with Gasteiger partial charge >= 0.3 is 0 Å². The van der Waals surface area contributed by atoms with Crippen LogP contribution in [0.25, 0.3) is 0 Å². The molecule has 0 aliphatic heterocycles. The molecule has 1 unspecified atom stereocenters. The van der Waals surface area contributed by atoms with Crippen LogP contribution in [-0.2, 0) is 7.05 Å². The maximum Gasteiger partial charge on any atom is 0.282 e. The van der Waals surface area contributed by atoms with E-state index >= 15 is 0 Å². The van der Waals surface area contributed by atoms with Crippen LogP contribution in [0, 0.1) is 0 Å². The van der Waals surface area contributed by atoms with Crippen molar-refractivity contribution >= 4 is 5.91 Å². The normalized spacial score (nSPS) is 12.4. The summed E-state index contributed by atoms with van der Waals surface area (Å²) in [5.41, 5.74) is 0.318. The maximum absolute atomic E-state index is 12.8. The minimum absolute atomic E-state index is 0.0923. The fourth-order valence-corrected chi connectivity index (χ4v) is 1.94. The molecular weight excluding hydrogens is 264 g/mol. The van der Waals surface area contributed by atoms with Gasteiger partial charge in [-0.2, -0.15) is 5.10 Å². The van der Waals surface area contributed by atoms with Crippen molar-refractivity contribution in [3.05, 3.63) is 53.3 Å². The lowest BCUT2D eigenvalue weighted by Gasteiger charge is -2.14. The van der Waals surface area contributed by atoms with Crippen LogP contribution < -0.4 is 5.32 Å². The number of nitrogens with one attached hydrogen (secondary N) is 1. The molecule has 0 saturated carbocycles. The van der Waals surface area contributed by atoms with Gasteiger partial charge in [0.15, 0.2) is 0 Å². The Hall–Kier alpha value is -2.24. The molecule has 1 aromatic heterocycles. The summed E-state index contributed by atoms with van der Waals surface area (Å²) in [4.78, 5) is 12.1. The molecule has 0 bridgehead atoms. The van der Waals surface area contributed by atoms with E-state index in [0.29, 0.717) is 0 Å². The van der Waals surface area contributed by atoms with Crippen LogP contribution in [0.4, 0.5) is 8.78 Å². The first-order valence-corrected chi connectivity index (χ1v) is 6.16. The number of alkyl halides is 2. The zero-order valence-electron chi connectivity index (χ0n) is 11.2. The van der Waals surface area contributed by atoms with Crippen molar-refractivity contribution in [1.29, 1.82) is 0 Å². The molecule has 0 spiro atoms. The summed E-state index contributed by atoms with van der Waals surface area (Å²) in [5, 5.41) is 6.31. The van der Waals surface area contributed by atoms with Gasteiger partial charge in [-0.15, -0.1) is 0 Å². The lowest BCUT2D eigenvalue weighted by Crippen LogP contribution is -2.27. The van der Waals surface area contributed by atoms with Crippen LogP contribution in [0.2, 0.25) is 0 Å². The first kappa shape index (κ1) is 14.2. The van der Waals surface area contributed by atoms with Crippen molar-refractivity contribution in [2.45, 2.75) is 19.4 Å². The van der Waals surface area contributed by atoms with Crippen LogP contribution in [-0.4, -0.2) is 15.7 Å². The average molecular weight is 279 g/mol. The number of aromatic nitrogens is 2. The topological polar surface area (TPSA) is 46.9 Å². The summed E-state index contributed by atoms with van der Waals surface area (Å²) in [6.45, 7) is 1.80. The molecule has 1 aromatic carbocycles. The van der Waals surface area contributed by atoms with Crippen LogP contribution >= 0.6 is 0 Å². The van der Waals surface area contributed by atoms with Gasteiger partial charge in [-0.05, 0) is 12.5 Å². The second kappa shape index (κ2) is 5.81. The molecule has 1 atom stereocenters. The summed E-state index contributed by atoms with van der Waals surface area (Å²) in [5.74, 6) is -0.551. The van der Waals surface area contributed by atoms with Crippen LogP contribution in [0.5, 0.6) is 0 Å². The van der Waals surface area contributed by atoms with Gasteiger partial charge in [0.2, 0.25) is 0 Å². The van der Waals surface area contributed by atoms with E-state index in [1.165, 1.54) is 17.9 Å². The van der Waals surface area contributed by atoms with E-state index in [1.54, 1.807) is 6.92 Å². The van der Waals surface area contributed by atoms with Gasteiger partial charge in [0, 0.05) is 13.2 Å². The van der Waals surface area contributed by atoms with Crippen LogP contribution in [0.15, 0.2) is 36.5 Å². The summed E-state index contributed by atoms with van der Waals surface area (Å²) in [6, 6.07) is 9.03. The third-order valence-corrected chi connectivity index (χ3v) is 2.96. The Morgan fingerprint density at radius 2 is 1.95 bits per heavy atom. The van der Waals surface area contributed by atoms with Gasteiger partial charge in [-0.25, -0.2) is 8.78 Å². The molecule has 106 valence electrons. The van der Waals surface area contributed by atoms with E-state index in [9.17, 15) is 13.6 Å². The zero-order chi connectivity index (χ0) is 14.7. The number of amides is 1. The summed E-state index contributed by atoms with van der Waals surface area (Å²) in [7, 11) is 1.50. The molecule has 2 rings (SSSR count). The molecule has 20 heavy (non-hydrogen) atoms. The third kappa shape index (κ3) is 3.01. The molecular formula is C14H15F2N3O. The van der Waals surface area contributed by atoms with E-state index in [0.717, 1.165) is 5.56 Å². The highest BCUT2D eigenvalue weighted by atomic mass is 19.3. The number of carbonyl (C=O) groups is 1. The third-order valence-electron chi connectivity index (χ3n) is 2.96. The van der Waals surface area contributed by atoms with Crippen molar-refractivity contribution in [1.82, 2.24) is 15.1 Å². The SMILES string of the molecule is CC(NC(=O)c1cn(C)nc1C(F)F)c1ccccc1. The first-order valence-electron chi connectivity index (χ1n) is 6.16. The number of nitrogens with zero attached hydrogens (tertiary/aromatic N) is 2. The van der Waals surface area contributed by atoms with Gasteiger partial charge in [0.25, 0.3) is 12.3 Å². The highest BCUT2D eigenvalue weighted by molar-refractivity contribution is 5.95. The smallest absolute Gasteiger partial charge is 0.282 e. The monoisotopic (exact) mass is 279 g/mol. The Balaban J connectivity index is 2.16. The highest BCUT2D eigenvalue weighted by Crippen LogP contribution is 2.21. The zero-order valence-corrected chi connectivity index (χ0v) is 11.2. The molecule has 1 heterocycles. The largest absolute Gasteiger partial charge is 0.345 e. The molecule has 0 saturated heterocycles. The Kier molecular flexibility index (Phi) is 4.12. The summed E-state index contributed by atoms with van der Waals surface area (Å²) >= 11 is 0. The number of benzene rings is 1. The fraction of sp³-hybridized carbons (Fsp3) is 0.286. The number of carbonyl (C=O) groups excluding carboxylic acids is 1. The van der Waals surface area contributed by atoms with Crippen LogP contribution in [0.1, 0.15) is 41.0 Å². The number of rotatable bonds is 4. The van der Waals surface area contributed by atoms with E-state index in [-0.39, 0.29) is 11.6 Å². The number of halogens is 2. The van der Waals surface area contributed by atoms with Gasteiger partial charge in [-0.3, -0.25) is 9.48 Å². The Bertz CT molecular complexity index is 596. The molecule has 4 nitrogen and oxygen atoms in total. The second-order valence-corrected chi connectivity index (χ2v) is 4.51. The minimum Gasteiger partial charge on any atom is -0.345 e. The summed E-state index contributed by atoms with van der Waals surface area (Å²) in [6.07, 6.45) is -1.47. The van der Waals surface area contributed by atoms with Crippen LogP contribution in [0.3, 0.4) is 0 Å². The molecule has 1 N–H and O–H groups in total. The van der Waals surface area contributed by atoms with Gasteiger partial charge in [0.05, 0.1) is 11.6 Å². The second-order valence-electron chi connectivity index (χ2n) is 4.51. The van der Waals surface area contributed by atoms with Gasteiger partial charge in [0.1, 0.15) is 5.69 Å². The first-order chi connectivity index (χ1) is 9.49. The summed E-state index contributed by atoms with van der Waals surface area (Å²) < 4.78 is 26.8. The predicted molar refractivity (Wildman–Crippen MR) is 70.5 cm³/mol. The number of hydrogen-bond acceptors (Lipinski definition) is 2. The van der Waals surface area contributed by atoms with Crippen molar-refractivity contribution in [3.63, 3.8) is 0 Å². The van der Waals surface area contributed by atoms with E-state index in [4.69, 9.17) is 0 Å². The molecule has 0 aliphatic rings. The van der Waals surface area contributed by atoms with Crippen molar-refractivity contribution in [2.24, 2.45) is 7.05 Å². The Morgan fingerprint density at radius 1 is 1.30 bits per heavy atom. The molecule has 6 heteroatoms. The number of aryl methyl sites for hydroxylation is 1. The van der Waals surface area contributed by atoms with Crippen molar-refractivity contribution in [2.75, 3.05) is 0 Å². The lowest BCUT2D eigenvalue weighted by atomic mass is 10.1. The molecule has 0 fully saturated rings. The maximum atomic E-state index is 12.8.